The summed E-state index contributed by atoms with van der Waals surface area (Å²) in [4.78, 5) is 49.1. The number of hydrogen-bond acceptors (Lipinski definition) is 6. The van der Waals surface area contributed by atoms with Gasteiger partial charge in [-0.15, -0.1) is 0 Å². The van der Waals surface area contributed by atoms with Gasteiger partial charge in [0.1, 0.15) is 11.4 Å². The number of nitrogens with zero attached hydrogens (tertiary/aromatic N) is 3. The molecule has 1 aromatic carbocycles. The second-order valence-electron chi connectivity index (χ2n) is 10.4. The molecule has 10 heteroatoms. The standard InChI is InChI=1S/C25H31N5O5/c1-15(2)21-26-17-5-4-16(12-18(17)27-21)22(32)29-10-7-25(8-11-29)13-19(24(3,34)14-35-25)30-9-6-20(31)28-23(30)33/h4-6,9,12,15,19,34H,7-8,10-11,13-14H2,1-3H3,(H,26,27)(H,28,31,33)/t19-,24-/m0/s1. The first kappa shape index (κ1) is 23.5. The number of amides is 1. The molecule has 4 heterocycles. The van der Waals surface area contributed by atoms with E-state index < -0.39 is 28.5 Å². The molecule has 0 saturated carbocycles. The first-order valence-corrected chi connectivity index (χ1v) is 12.0. The molecule has 0 unspecified atom stereocenters. The van der Waals surface area contributed by atoms with Crippen LogP contribution >= 0.6 is 0 Å². The van der Waals surface area contributed by atoms with Crippen LogP contribution in [0.3, 0.4) is 0 Å². The molecular weight excluding hydrogens is 450 g/mol. The lowest BCUT2D eigenvalue weighted by molar-refractivity contribution is -0.199. The third kappa shape index (κ3) is 4.32. The number of aromatic amines is 2. The van der Waals surface area contributed by atoms with Gasteiger partial charge >= 0.3 is 5.69 Å². The van der Waals surface area contributed by atoms with E-state index in [1.807, 2.05) is 23.1 Å². The molecule has 2 aliphatic rings. The molecule has 5 rings (SSSR count). The van der Waals surface area contributed by atoms with Crippen molar-refractivity contribution in [1.29, 1.82) is 0 Å². The van der Waals surface area contributed by atoms with Crippen LogP contribution < -0.4 is 11.2 Å². The van der Waals surface area contributed by atoms with Crippen molar-refractivity contribution in [2.24, 2.45) is 0 Å². The Labute approximate surface area is 201 Å². The van der Waals surface area contributed by atoms with Crippen LogP contribution in [0.4, 0.5) is 0 Å². The van der Waals surface area contributed by atoms with Crippen molar-refractivity contribution in [3.8, 4) is 0 Å². The van der Waals surface area contributed by atoms with Crippen LogP contribution in [0.1, 0.15) is 68.2 Å². The normalized spacial score (nSPS) is 24.4. The molecule has 0 bridgehead atoms. The average molecular weight is 482 g/mol. The second-order valence-corrected chi connectivity index (χ2v) is 10.4. The van der Waals surface area contributed by atoms with Gasteiger partial charge in [-0.3, -0.25) is 19.1 Å². The average Bonchev–Trinajstić information content (AvgIpc) is 3.25. The zero-order chi connectivity index (χ0) is 25.0. The maximum Gasteiger partial charge on any atom is 0.328 e. The fourth-order valence-corrected chi connectivity index (χ4v) is 5.18. The number of rotatable bonds is 3. The fourth-order valence-electron chi connectivity index (χ4n) is 5.18. The predicted molar refractivity (Wildman–Crippen MR) is 130 cm³/mol. The number of piperidine rings is 1. The summed E-state index contributed by atoms with van der Waals surface area (Å²) in [5.41, 5.74) is -0.560. The number of benzene rings is 1. The number of fused-ring (bicyclic) bond motifs is 1. The van der Waals surface area contributed by atoms with E-state index in [-0.39, 0.29) is 18.4 Å². The number of aliphatic hydroxyl groups is 1. The molecule has 10 nitrogen and oxygen atoms in total. The molecule has 2 fully saturated rings. The number of carbonyl (C=O) groups is 1. The third-order valence-electron chi connectivity index (χ3n) is 7.40. The van der Waals surface area contributed by atoms with Crippen LogP contribution in [-0.2, 0) is 4.74 Å². The molecule has 2 aliphatic heterocycles. The quantitative estimate of drug-likeness (QED) is 0.523. The SMILES string of the molecule is CC(C)c1nc2ccc(C(=O)N3CCC4(CC3)C[C@H](n3ccc(=O)[nH]c3=O)[C@@](C)(O)CO4)cc2[nH]1. The summed E-state index contributed by atoms with van der Waals surface area (Å²) in [5.74, 6) is 1.12. The van der Waals surface area contributed by atoms with E-state index in [1.54, 1.807) is 6.92 Å². The van der Waals surface area contributed by atoms with Gasteiger partial charge < -0.3 is 19.7 Å². The molecule has 35 heavy (non-hydrogen) atoms. The highest BCUT2D eigenvalue weighted by molar-refractivity contribution is 5.97. The number of aromatic nitrogens is 4. The molecule has 2 atom stereocenters. The van der Waals surface area contributed by atoms with Crippen LogP contribution in [0.25, 0.3) is 11.0 Å². The highest BCUT2D eigenvalue weighted by atomic mass is 16.5. The van der Waals surface area contributed by atoms with Crippen LogP contribution in [0.2, 0.25) is 0 Å². The lowest BCUT2D eigenvalue weighted by Gasteiger charge is -2.51. The Hall–Kier alpha value is -3.24. The summed E-state index contributed by atoms with van der Waals surface area (Å²) in [7, 11) is 0. The Balaban J connectivity index is 1.32. The summed E-state index contributed by atoms with van der Waals surface area (Å²) < 4.78 is 7.55. The van der Waals surface area contributed by atoms with Crippen LogP contribution in [0.5, 0.6) is 0 Å². The summed E-state index contributed by atoms with van der Waals surface area (Å²) in [6, 6.07) is 6.26. The van der Waals surface area contributed by atoms with Gasteiger partial charge in [-0.05, 0) is 38.0 Å². The number of likely N-dealkylation sites (tertiary alicyclic amines) is 1. The van der Waals surface area contributed by atoms with Crippen LogP contribution in [0.15, 0.2) is 40.1 Å². The highest BCUT2D eigenvalue weighted by Gasteiger charge is 2.49. The van der Waals surface area contributed by atoms with Crippen molar-refractivity contribution in [2.45, 2.75) is 63.2 Å². The maximum atomic E-state index is 13.3. The minimum Gasteiger partial charge on any atom is -0.386 e. The van der Waals surface area contributed by atoms with E-state index in [4.69, 9.17) is 4.74 Å². The summed E-state index contributed by atoms with van der Waals surface area (Å²) in [6.45, 7) is 6.85. The Kier molecular flexibility index (Phi) is 5.68. The predicted octanol–water partition coefficient (Wildman–Crippen LogP) is 1.92. The summed E-state index contributed by atoms with van der Waals surface area (Å²) >= 11 is 0. The molecule has 0 aliphatic carbocycles. The first-order valence-electron chi connectivity index (χ1n) is 12.0. The molecule has 186 valence electrons. The van der Waals surface area contributed by atoms with E-state index in [0.717, 1.165) is 16.9 Å². The fraction of sp³-hybridized carbons (Fsp3) is 0.520. The van der Waals surface area contributed by atoms with Gasteiger partial charge in [0.25, 0.3) is 11.5 Å². The Bertz CT molecular complexity index is 1380. The number of carbonyl (C=O) groups excluding carboxylic acids is 1. The maximum absolute atomic E-state index is 13.3. The van der Waals surface area contributed by atoms with Crippen molar-refractivity contribution in [2.75, 3.05) is 19.7 Å². The van der Waals surface area contributed by atoms with Crippen molar-refractivity contribution >= 4 is 16.9 Å². The zero-order valence-corrected chi connectivity index (χ0v) is 20.2. The monoisotopic (exact) mass is 481 g/mol. The molecule has 1 spiro atoms. The molecule has 1 amide bonds. The van der Waals surface area contributed by atoms with Gasteiger partial charge in [0.15, 0.2) is 0 Å². The minimum absolute atomic E-state index is 0.0429. The smallest absolute Gasteiger partial charge is 0.328 e. The molecule has 2 aromatic heterocycles. The number of nitrogens with one attached hydrogen (secondary N) is 2. The Morgan fingerprint density at radius 1 is 1.20 bits per heavy atom. The number of H-pyrrole nitrogens is 2. The minimum atomic E-state index is -1.27. The van der Waals surface area contributed by atoms with E-state index in [2.05, 4.69) is 28.8 Å². The number of ether oxygens (including phenoxy) is 1. The molecule has 2 saturated heterocycles. The van der Waals surface area contributed by atoms with Gasteiger partial charge in [0, 0.05) is 43.3 Å². The zero-order valence-electron chi connectivity index (χ0n) is 20.2. The van der Waals surface area contributed by atoms with Gasteiger partial charge in [0.2, 0.25) is 0 Å². The Morgan fingerprint density at radius 2 is 1.94 bits per heavy atom. The first-order chi connectivity index (χ1) is 16.6. The van der Waals surface area contributed by atoms with Gasteiger partial charge in [-0.25, -0.2) is 9.78 Å². The van der Waals surface area contributed by atoms with Crippen molar-refractivity contribution < 1.29 is 14.6 Å². The molecule has 3 N–H and O–H groups in total. The van der Waals surface area contributed by atoms with Crippen LogP contribution in [0, 0.1) is 0 Å². The molecule has 0 radical (unpaired) electrons. The van der Waals surface area contributed by atoms with Gasteiger partial charge in [-0.1, -0.05) is 13.8 Å². The van der Waals surface area contributed by atoms with E-state index in [0.29, 0.717) is 37.9 Å². The van der Waals surface area contributed by atoms with Crippen molar-refractivity contribution in [3.63, 3.8) is 0 Å². The Morgan fingerprint density at radius 3 is 2.63 bits per heavy atom. The van der Waals surface area contributed by atoms with E-state index in [1.165, 1.54) is 16.8 Å². The van der Waals surface area contributed by atoms with E-state index >= 15 is 0 Å². The highest BCUT2D eigenvalue weighted by Crippen LogP contribution is 2.43. The van der Waals surface area contributed by atoms with E-state index in [9.17, 15) is 19.5 Å². The van der Waals surface area contributed by atoms with Gasteiger partial charge in [-0.2, -0.15) is 0 Å². The largest absolute Gasteiger partial charge is 0.386 e. The molecular formula is C25H31N5O5. The van der Waals surface area contributed by atoms with Crippen LogP contribution in [-0.4, -0.2) is 66.3 Å². The number of imidazole rings is 1. The summed E-state index contributed by atoms with van der Waals surface area (Å²) in [5, 5.41) is 11.0. The lowest BCUT2D eigenvalue weighted by Crippen LogP contribution is -2.58. The van der Waals surface area contributed by atoms with Crippen molar-refractivity contribution in [3.05, 3.63) is 62.7 Å². The second kappa shape index (κ2) is 8.46. The van der Waals surface area contributed by atoms with Crippen molar-refractivity contribution in [1.82, 2.24) is 24.4 Å². The lowest BCUT2D eigenvalue weighted by atomic mass is 9.77. The molecule has 3 aromatic rings. The number of hydrogen-bond donors (Lipinski definition) is 3. The summed E-state index contributed by atoms with van der Waals surface area (Å²) in [6.07, 6.45) is 3.01. The third-order valence-corrected chi connectivity index (χ3v) is 7.40. The van der Waals surface area contributed by atoms with Gasteiger partial charge in [0.05, 0.1) is 29.3 Å². The topological polar surface area (TPSA) is 133 Å².